The highest BCUT2D eigenvalue weighted by atomic mass is 16.5. The van der Waals surface area contributed by atoms with Gasteiger partial charge in [-0.1, -0.05) is 5.16 Å². The lowest BCUT2D eigenvalue weighted by molar-refractivity contribution is -0.131. The van der Waals surface area contributed by atoms with Gasteiger partial charge in [0.25, 0.3) is 0 Å². The number of carbonyl (C=O) groups excluding carboxylic acids is 1. The molecular formula is C17H21N7O2. The number of aryl methyl sites for hydroxylation is 3. The second-order valence-electron chi connectivity index (χ2n) is 6.75. The Morgan fingerprint density at radius 2 is 2.04 bits per heavy atom. The molecule has 0 N–H and O–H groups in total. The Bertz CT molecular complexity index is 951. The van der Waals surface area contributed by atoms with E-state index >= 15 is 0 Å². The van der Waals surface area contributed by atoms with Gasteiger partial charge in [-0.2, -0.15) is 4.52 Å². The summed E-state index contributed by atoms with van der Waals surface area (Å²) in [6.07, 6.45) is 0.318. The van der Waals surface area contributed by atoms with Gasteiger partial charge in [-0.15, -0.1) is 15.3 Å². The van der Waals surface area contributed by atoms with Crippen molar-refractivity contribution in [3.8, 4) is 0 Å². The van der Waals surface area contributed by atoms with Crippen LogP contribution in [0.1, 0.15) is 22.8 Å². The van der Waals surface area contributed by atoms with Crippen LogP contribution in [0.25, 0.3) is 5.65 Å². The van der Waals surface area contributed by atoms with Gasteiger partial charge in [0, 0.05) is 25.7 Å². The van der Waals surface area contributed by atoms with Crippen molar-refractivity contribution in [2.45, 2.75) is 33.2 Å². The quantitative estimate of drug-likeness (QED) is 0.687. The van der Waals surface area contributed by atoms with Crippen LogP contribution in [-0.2, 0) is 11.2 Å². The number of likely N-dealkylation sites (N-methyl/N-ethyl adjacent to an activating group) is 1. The van der Waals surface area contributed by atoms with Crippen molar-refractivity contribution in [1.82, 2.24) is 29.9 Å². The molecule has 0 aliphatic carbocycles. The van der Waals surface area contributed by atoms with Crippen molar-refractivity contribution in [3.05, 3.63) is 35.0 Å². The number of carbonyl (C=O) groups is 1. The minimum absolute atomic E-state index is 0.0714. The van der Waals surface area contributed by atoms with Crippen molar-refractivity contribution < 1.29 is 9.32 Å². The molecule has 0 spiro atoms. The summed E-state index contributed by atoms with van der Waals surface area (Å²) in [7, 11) is 1.85. The van der Waals surface area contributed by atoms with Crippen LogP contribution in [0.3, 0.4) is 0 Å². The van der Waals surface area contributed by atoms with Crippen LogP contribution in [0.15, 0.2) is 16.7 Å². The van der Waals surface area contributed by atoms with Crippen LogP contribution in [0.4, 0.5) is 5.82 Å². The van der Waals surface area contributed by atoms with E-state index in [2.05, 4.69) is 25.4 Å². The number of hydrogen-bond donors (Lipinski definition) is 0. The predicted molar refractivity (Wildman–Crippen MR) is 94.0 cm³/mol. The fourth-order valence-electron chi connectivity index (χ4n) is 3.18. The maximum absolute atomic E-state index is 12.6. The minimum atomic E-state index is 0.0714. The van der Waals surface area contributed by atoms with E-state index < -0.39 is 0 Å². The molecule has 3 aromatic rings. The van der Waals surface area contributed by atoms with E-state index in [1.165, 1.54) is 0 Å². The van der Waals surface area contributed by atoms with Gasteiger partial charge in [-0.05, 0) is 32.9 Å². The Kier molecular flexibility index (Phi) is 3.86. The second-order valence-corrected chi connectivity index (χ2v) is 6.75. The molecule has 4 heterocycles. The summed E-state index contributed by atoms with van der Waals surface area (Å²) < 4.78 is 6.87. The summed E-state index contributed by atoms with van der Waals surface area (Å²) in [6.45, 7) is 7.07. The molecule has 9 nitrogen and oxygen atoms in total. The van der Waals surface area contributed by atoms with Gasteiger partial charge >= 0.3 is 0 Å². The average molecular weight is 355 g/mol. The summed E-state index contributed by atoms with van der Waals surface area (Å²) >= 11 is 0. The SMILES string of the molecule is Cc1noc(C)c1CC(=O)N(C)C1CN(c2ccc3nnc(C)n3n2)C1. The fraction of sp³-hybridized carbons (Fsp3) is 0.471. The first-order chi connectivity index (χ1) is 12.4. The smallest absolute Gasteiger partial charge is 0.227 e. The van der Waals surface area contributed by atoms with Crippen LogP contribution in [-0.4, -0.2) is 62.0 Å². The lowest BCUT2D eigenvalue weighted by Gasteiger charge is -2.44. The first-order valence-electron chi connectivity index (χ1n) is 8.55. The molecule has 0 atom stereocenters. The Hall–Kier alpha value is -2.97. The molecule has 26 heavy (non-hydrogen) atoms. The number of rotatable bonds is 4. The highest BCUT2D eigenvalue weighted by molar-refractivity contribution is 5.79. The first kappa shape index (κ1) is 16.5. The molecule has 0 radical (unpaired) electrons. The highest BCUT2D eigenvalue weighted by Gasteiger charge is 2.34. The van der Waals surface area contributed by atoms with Gasteiger partial charge in [0.1, 0.15) is 11.6 Å². The zero-order valence-electron chi connectivity index (χ0n) is 15.3. The van der Waals surface area contributed by atoms with E-state index in [-0.39, 0.29) is 11.9 Å². The molecule has 0 aromatic carbocycles. The van der Waals surface area contributed by atoms with E-state index in [0.717, 1.165) is 41.6 Å². The second kappa shape index (κ2) is 6.08. The minimum Gasteiger partial charge on any atom is -0.361 e. The van der Waals surface area contributed by atoms with Crippen molar-refractivity contribution >= 4 is 17.4 Å². The van der Waals surface area contributed by atoms with E-state index in [0.29, 0.717) is 12.2 Å². The van der Waals surface area contributed by atoms with Crippen molar-refractivity contribution in [2.24, 2.45) is 0 Å². The normalized spacial score (nSPS) is 14.7. The van der Waals surface area contributed by atoms with Gasteiger partial charge in [0.2, 0.25) is 5.91 Å². The molecule has 0 bridgehead atoms. The third-order valence-corrected chi connectivity index (χ3v) is 5.04. The van der Waals surface area contributed by atoms with Crippen molar-refractivity contribution in [2.75, 3.05) is 25.0 Å². The molecule has 1 fully saturated rings. The van der Waals surface area contributed by atoms with Gasteiger partial charge in [0.05, 0.1) is 18.2 Å². The number of hydrogen-bond acceptors (Lipinski definition) is 7. The predicted octanol–water partition coefficient (Wildman–Crippen LogP) is 0.927. The monoisotopic (exact) mass is 355 g/mol. The Balaban J connectivity index is 1.40. The standard InChI is InChI=1S/C17H21N7O2/c1-10-14(11(2)26-21-10)7-17(25)22(4)13-8-23(9-13)16-6-5-15-19-18-12(3)24(15)20-16/h5-6,13H,7-9H2,1-4H3. The maximum Gasteiger partial charge on any atom is 0.227 e. The van der Waals surface area contributed by atoms with E-state index in [9.17, 15) is 4.79 Å². The molecule has 1 aliphatic rings. The Labute approximate surface area is 150 Å². The Morgan fingerprint density at radius 3 is 2.73 bits per heavy atom. The summed E-state index contributed by atoms with van der Waals surface area (Å²) in [5.41, 5.74) is 2.39. The third kappa shape index (κ3) is 2.69. The van der Waals surface area contributed by atoms with E-state index in [4.69, 9.17) is 4.52 Å². The lowest BCUT2D eigenvalue weighted by atomic mass is 10.1. The van der Waals surface area contributed by atoms with Gasteiger partial charge in [-0.25, -0.2) is 0 Å². The molecule has 3 aromatic heterocycles. The molecule has 1 aliphatic heterocycles. The van der Waals surface area contributed by atoms with Crippen LogP contribution in [0.5, 0.6) is 0 Å². The first-order valence-corrected chi connectivity index (χ1v) is 8.55. The van der Waals surface area contributed by atoms with Gasteiger partial charge in [0.15, 0.2) is 11.5 Å². The molecular weight excluding hydrogens is 334 g/mol. The molecule has 0 unspecified atom stereocenters. The summed E-state index contributed by atoms with van der Waals surface area (Å²) in [5, 5.41) is 16.6. The highest BCUT2D eigenvalue weighted by Crippen LogP contribution is 2.23. The molecule has 136 valence electrons. The molecule has 1 saturated heterocycles. The average Bonchev–Trinajstić information content (AvgIpc) is 3.10. The number of fused-ring (bicyclic) bond motifs is 1. The third-order valence-electron chi connectivity index (χ3n) is 5.04. The van der Waals surface area contributed by atoms with Crippen LogP contribution in [0.2, 0.25) is 0 Å². The largest absolute Gasteiger partial charge is 0.361 e. The van der Waals surface area contributed by atoms with E-state index in [1.807, 2.05) is 44.9 Å². The van der Waals surface area contributed by atoms with Crippen molar-refractivity contribution in [1.29, 1.82) is 0 Å². The number of aromatic nitrogens is 5. The molecule has 9 heteroatoms. The van der Waals surface area contributed by atoms with Crippen LogP contribution < -0.4 is 4.90 Å². The molecule has 0 saturated carbocycles. The number of amides is 1. The molecule has 1 amide bonds. The summed E-state index contributed by atoms with van der Waals surface area (Å²) in [4.78, 5) is 16.5. The number of nitrogens with zero attached hydrogens (tertiary/aromatic N) is 7. The maximum atomic E-state index is 12.6. The van der Waals surface area contributed by atoms with Crippen LogP contribution in [0, 0.1) is 20.8 Å². The Morgan fingerprint density at radius 1 is 1.27 bits per heavy atom. The fourth-order valence-corrected chi connectivity index (χ4v) is 3.18. The zero-order valence-corrected chi connectivity index (χ0v) is 15.3. The van der Waals surface area contributed by atoms with E-state index in [1.54, 1.807) is 4.52 Å². The van der Waals surface area contributed by atoms with Gasteiger partial charge < -0.3 is 14.3 Å². The molecule has 4 rings (SSSR count). The van der Waals surface area contributed by atoms with Crippen LogP contribution >= 0.6 is 0 Å². The zero-order chi connectivity index (χ0) is 18.4. The van der Waals surface area contributed by atoms with Gasteiger partial charge in [-0.3, -0.25) is 4.79 Å². The summed E-state index contributed by atoms with van der Waals surface area (Å²) in [5.74, 6) is 2.40. The topological polar surface area (TPSA) is 92.7 Å². The number of anilines is 1. The summed E-state index contributed by atoms with van der Waals surface area (Å²) in [6, 6.07) is 4.01. The lowest BCUT2D eigenvalue weighted by Crippen LogP contribution is -2.60. The van der Waals surface area contributed by atoms with Crippen molar-refractivity contribution in [3.63, 3.8) is 0 Å².